The van der Waals surface area contributed by atoms with Gasteiger partial charge in [-0.15, -0.1) is 10.2 Å². The Morgan fingerprint density at radius 1 is 1.02 bits per heavy atom. The number of aliphatic carboxylic acids is 1. The van der Waals surface area contributed by atoms with E-state index >= 15 is 0 Å². The first-order valence-corrected chi connectivity index (χ1v) is 13.8. The second kappa shape index (κ2) is 11.4. The van der Waals surface area contributed by atoms with Crippen molar-refractivity contribution in [3.63, 3.8) is 0 Å². The number of carbonyl (C=O) groups excluding carboxylic acids is 1. The van der Waals surface area contributed by atoms with Crippen LogP contribution in [0.25, 0.3) is 22.0 Å². The number of fused-ring (bicyclic) bond motifs is 2. The Kier molecular flexibility index (Phi) is 7.35. The second-order valence-electron chi connectivity index (χ2n) is 10.3. The number of methoxy groups -OCH3 is 2. The molecule has 42 heavy (non-hydrogen) atoms. The van der Waals surface area contributed by atoms with Crippen molar-refractivity contribution in [3.8, 4) is 22.6 Å². The van der Waals surface area contributed by atoms with Gasteiger partial charge in [0.05, 0.1) is 19.8 Å². The topological polar surface area (TPSA) is 131 Å². The largest absolute Gasteiger partial charge is 0.496 e. The van der Waals surface area contributed by atoms with Gasteiger partial charge in [0.15, 0.2) is 0 Å². The highest BCUT2D eigenvalue weighted by Crippen LogP contribution is 2.38. The van der Waals surface area contributed by atoms with Crippen LogP contribution in [0.15, 0.2) is 72.9 Å². The van der Waals surface area contributed by atoms with Gasteiger partial charge in [-0.1, -0.05) is 48.5 Å². The average Bonchev–Trinajstić information content (AvgIpc) is 3.73. The molecule has 6 rings (SSSR count). The van der Waals surface area contributed by atoms with Crippen molar-refractivity contribution in [2.24, 2.45) is 0 Å². The van der Waals surface area contributed by atoms with E-state index in [9.17, 15) is 14.7 Å². The number of carboxylic acids is 1. The predicted molar refractivity (Wildman–Crippen MR) is 157 cm³/mol. The zero-order chi connectivity index (χ0) is 29.2. The fraction of sp³-hybridized carbons (Fsp3) is 0.250. The summed E-state index contributed by atoms with van der Waals surface area (Å²) in [6.07, 6.45) is 3.73. The maximum absolute atomic E-state index is 13.5. The number of H-pyrrole nitrogens is 1. The summed E-state index contributed by atoms with van der Waals surface area (Å²) in [5.74, 6) is 1.32. The molecular formula is C32H31N5O5. The van der Waals surface area contributed by atoms with Crippen LogP contribution in [0.5, 0.6) is 11.5 Å². The molecule has 10 nitrogen and oxygen atoms in total. The number of aromatic amines is 1. The fourth-order valence-electron chi connectivity index (χ4n) is 5.75. The van der Waals surface area contributed by atoms with Crippen molar-refractivity contribution < 1.29 is 24.2 Å². The Balaban J connectivity index is 1.18. The van der Waals surface area contributed by atoms with E-state index in [-0.39, 0.29) is 12.3 Å². The zero-order valence-electron chi connectivity index (χ0n) is 23.3. The maximum atomic E-state index is 13.5. The molecule has 3 heterocycles. The molecule has 1 amide bonds. The van der Waals surface area contributed by atoms with E-state index in [0.717, 1.165) is 39.0 Å². The van der Waals surface area contributed by atoms with E-state index < -0.39 is 18.1 Å². The minimum atomic E-state index is -1.10. The number of rotatable bonds is 10. The van der Waals surface area contributed by atoms with Crippen molar-refractivity contribution in [1.82, 2.24) is 25.1 Å². The van der Waals surface area contributed by atoms with Gasteiger partial charge in [0.1, 0.15) is 35.2 Å². The molecule has 0 radical (unpaired) electrons. The normalized spacial score (nSPS) is 14.9. The summed E-state index contributed by atoms with van der Waals surface area (Å²) in [5.41, 5.74) is 4.55. The van der Waals surface area contributed by atoms with Gasteiger partial charge in [0.2, 0.25) is 5.91 Å². The zero-order valence-corrected chi connectivity index (χ0v) is 23.3. The van der Waals surface area contributed by atoms with Crippen LogP contribution in [0.3, 0.4) is 0 Å². The lowest BCUT2D eigenvalue weighted by atomic mass is 9.99. The Bertz CT molecular complexity index is 1730. The fourth-order valence-corrected chi connectivity index (χ4v) is 5.75. The number of para-hydroxylation sites is 1. The molecule has 0 aliphatic carbocycles. The standard InChI is InChI=1S/C32H31N5O5/c1-41-26-8-5-9-27(42-2)30(26)20-12-10-19(11-13-20)16-24(32(39)40)34-31(38)25-14-15-28-35-36-29(37(25)28)17-21-18-33-23-7-4-3-6-22(21)23/h3-13,18,24-25,33H,14-17H2,1-2H3,(H,34,38)(H,39,40). The minimum Gasteiger partial charge on any atom is -0.496 e. The number of aryl methyl sites for hydroxylation is 1. The van der Waals surface area contributed by atoms with Crippen molar-refractivity contribution in [1.29, 1.82) is 0 Å². The number of amides is 1. The van der Waals surface area contributed by atoms with Gasteiger partial charge in [-0.05, 0) is 41.3 Å². The molecule has 5 aromatic rings. The second-order valence-corrected chi connectivity index (χ2v) is 10.3. The molecule has 2 atom stereocenters. The van der Waals surface area contributed by atoms with Gasteiger partial charge in [-0.25, -0.2) is 4.79 Å². The number of carbonyl (C=O) groups is 2. The molecule has 3 N–H and O–H groups in total. The van der Waals surface area contributed by atoms with Gasteiger partial charge in [-0.2, -0.15) is 0 Å². The van der Waals surface area contributed by atoms with Crippen LogP contribution in [-0.2, 0) is 28.9 Å². The molecule has 1 aliphatic heterocycles. The number of aromatic nitrogens is 4. The molecule has 0 saturated carbocycles. The number of nitrogens with one attached hydrogen (secondary N) is 2. The SMILES string of the molecule is COc1cccc(OC)c1-c1ccc(CC(NC(=O)C2CCc3nnc(Cc4c[nH]c5ccccc45)n32)C(=O)O)cc1. The third-order valence-electron chi connectivity index (χ3n) is 7.84. The molecular weight excluding hydrogens is 534 g/mol. The molecule has 3 aromatic carbocycles. The Labute approximate surface area is 242 Å². The number of benzene rings is 3. The van der Waals surface area contributed by atoms with Gasteiger partial charge in [-0.3, -0.25) is 4.79 Å². The smallest absolute Gasteiger partial charge is 0.326 e. The van der Waals surface area contributed by atoms with Crippen LogP contribution in [0.1, 0.15) is 35.2 Å². The highest BCUT2D eigenvalue weighted by Gasteiger charge is 2.34. The molecule has 0 bridgehead atoms. The summed E-state index contributed by atoms with van der Waals surface area (Å²) in [5, 5.41) is 22.6. The van der Waals surface area contributed by atoms with Crippen LogP contribution >= 0.6 is 0 Å². The quantitative estimate of drug-likeness (QED) is 0.230. The molecule has 10 heteroatoms. The van der Waals surface area contributed by atoms with Crippen molar-refractivity contribution in [3.05, 3.63) is 95.7 Å². The third-order valence-corrected chi connectivity index (χ3v) is 7.84. The summed E-state index contributed by atoms with van der Waals surface area (Å²) >= 11 is 0. The van der Waals surface area contributed by atoms with Crippen LogP contribution < -0.4 is 14.8 Å². The molecule has 0 spiro atoms. The summed E-state index contributed by atoms with van der Waals surface area (Å²) in [6, 6.07) is 19.4. The van der Waals surface area contributed by atoms with E-state index in [1.54, 1.807) is 14.2 Å². The van der Waals surface area contributed by atoms with E-state index in [4.69, 9.17) is 9.47 Å². The third kappa shape index (κ3) is 5.07. The monoisotopic (exact) mass is 565 g/mol. The van der Waals surface area contributed by atoms with E-state index in [2.05, 4.69) is 20.5 Å². The summed E-state index contributed by atoms with van der Waals surface area (Å²) in [7, 11) is 3.20. The first-order chi connectivity index (χ1) is 20.5. The van der Waals surface area contributed by atoms with Gasteiger partial charge >= 0.3 is 5.97 Å². The Morgan fingerprint density at radius 3 is 2.48 bits per heavy atom. The van der Waals surface area contributed by atoms with Gasteiger partial charge in [0, 0.05) is 36.4 Å². The number of hydrogen-bond acceptors (Lipinski definition) is 6. The number of hydrogen-bond donors (Lipinski definition) is 3. The minimum absolute atomic E-state index is 0.133. The summed E-state index contributed by atoms with van der Waals surface area (Å²) < 4.78 is 12.9. The molecule has 2 unspecified atom stereocenters. The maximum Gasteiger partial charge on any atom is 0.326 e. The Hall–Kier alpha value is -5.12. The lowest BCUT2D eigenvalue weighted by Crippen LogP contribution is -2.45. The van der Waals surface area contributed by atoms with Crippen LogP contribution in [-0.4, -0.2) is 57.0 Å². The van der Waals surface area contributed by atoms with Crippen LogP contribution in [0.4, 0.5) is 0 Å². The molecule has 0 saturated heterocycles. The first kappa shape index (κ1) is 27.1. The Morgan fingerprint density at radius 2 is 1.76 bits per heavy atom. The predicted octanol–water partition coefficient (Wildman–Crippen LogP) is 4.33. The highest BCUT2D eigenvalue weighted by atomic mass is 16.5. The van der Waals surface area contributed by atoms with Crippen LogP contribution in [0.2, 0.25) is 0 Å². The first-order valence-electron chi connectivity index (χ1n) is 13.8. The molecule has 2 aromatic heterocycles. The van der Waals surface area contributed by atoms with Crippen molar-refractivity contribution >= 4 is 22.8 Å². The summed E-state index contributed by atoms with van der Waals surface area (Å²) in [4.78, 5) is 29.0. The van der Waals surface area contributed by atoms with Crippen molar-refractivity contribution in [2.75, 3.05) is 14.2 Å². The lowest BCUT2D eigenvalue weighted by molar-refractivity contribution is -0.142. The van der Waals surface area contributed by atoms with Gasteiger partial charge in [0.25, 0.3) is 0 Å². The molecule has 0 fully saturated rings. The summed E-state index contributed by atoms with van der Waals surface area (Å²) in [6.45, 7) is 0. The van der Waals surface area contributed by atoms with Gasteiger partial charge < -0.3 is 29.4 Å². The highest BCUT2D eigenvalue weighted by molar-refractivity contribution is 5.87. The van der Waals surface area contributed by atoms with Crippen molar-refractivity contribution in [2.45, 2.75) is 37.8 Å². The number of nitrogens with zero attached hydrogens (tertiary/aromatic N) is 3. The van der Waals surface area contributed by atoms with E-state index in [0.29, 0.717) is 36.6 Å². The number of ether oxygens (including phenoxy) is 2. The average molecular weight is 566 g/mol. The van der Waals surface area contributed by atoms with E-state index in [1.165, 1.54) is 0 Å². The van der Waals surface area contributed by atoms with Crippen LogP contribution in [0, 0.1) is 0 Å². The lowest BCUT2D eigenvalue weighted by Gasteiger charge is -2.20. The molecule has 1 aliphatic rings. The number of carboxylic acid groups (broad SMARTS) is 1. The molecule has 214 valence electrons. The van der Waals surface area contributed by atoms with E-state index in [1.807, 2.05) is 77.5 Å².